The van der Waals surface area contributed by atoms with Gasteiger partial charge in [-0.05, 0) is 61.6 Å². The predicted molar refractivity (Wildman–Crippen MR) is 159 cm³/mol. The van der Waals surface area contributed by atoms with Crippen LogP contribution in [0.1, 0.15) is 35.3 Å². The number of hydrogen-bond donors (Lipinski definition) is 1. The van der Waals surface area contributed by atoms with E-state index in [1.807, 2.05) is 42.5 Å². The summed E-state index contributed by atoms with van der Waals surface area (Å²) in [7, 11) is 18.5. The van der Waals surface area contributed by atoms with Gasteiger partial charge in [0.05, 0.1) is 23.5 Å². The summed E-state index contributed by atoms with van der Waals surface area (Å²) in [6, 6.07) is 17.5. The summed E-state index contributed by atoms with van der Waals surface area (Å²) in [6.07, 6.45) is 4.44. The number of para-hydroxylation sites is 1. The molecule has 3 aliphatic heterocycles. The van der Waals surface area contributed by atoms with Gasteiger partial charge in [-0.2, -0.15) is 0 Å². The number of aromatic nitrogens is 1. The molecule has 41 heavy (non-hydrogen) atoms. The van der Waals surface area contributed by atoms with Gasteiger partial charge in [-0.15, -0.1) is 0 Å². The van der Waals surface area contributed by atoms with Gasteiger partial charge in [0.25, 0.3) is 5.91 Å². The molecule has 0 bridgehead atoms. The fourth-order valence-corrected chi connectivity index (χ4v) is 5.92. The summed E-state index contributed by atoms with van der Waals surface area (Å²) in [4.78, 5) is 34.7. The van der Waals surface area contributed by atoms with Crippen molar-refractivity contribution in [3.8, 4) is 11.5 Å². The predicted octanol–water partition coefficient (Wildman–Crippen LogP) is 2.69. The fraction of sp³-hybridized carbons (Fsp3) is 0.367. The largest absolute Gasteiger partial charge is 0.457 e. The van der Waals surface area contributed by atoms with Crippen molar-refractivity contribution in [2.75, 3.05) is 36.1 Å². The van der Waals surface area contributed by atoms with Gasteiger partial charge in [0.15, 0.2) is 0 Å². The maximum absolute atomic E-state index is 13.8. The SMILES string of the molecule is [B]C([B])([B])N1C(=O)C(NC(=O)c2cc(Oc3ccccc3)ccn2)CCc2ccc(N3CC4(CCOCC4)C3)cc21. The first-order chi connectivity index (χ1) is 19.7. The minimum absolute atomic E-state index is 0.112. The molecule has 0 saturated carbocycles. The minimum atomic E-state index is -1.98. The number of pyridine rings is 1. The van der Waals surface area contributed by atoms with Crippen molar-refractivity contribution in [3.05, 3.63) is 78.1 Å². The summed E-state index contributed by atoms with van der Waals surface area (Å²) in [5.41, 5.74) is 2.81. The number of amides is 2. The molecule has 3 aromatic rings. The van der Waals surface area contributed by atoms with E-state index in [1.54, 1.807) is 6.07 Å². The van der Waals surface area contributed by atoms with E-state index in [1.165, 1.54) is 17.2 Å². The number of fused-ring (bicyclic) bond motifs is 1. The molecule has 6 radical (unpaired) electrons. The monoisotopic (exact) mass is 542 g/mol. The van der Waals surface area contributed by atoms with Crippen LogP contribution in [0.2, 0.25) is 0 Å². The van der Waals surface area contributed by atoms with Crippen LogP contribution in [0, 0.1) is 5.41 Å². The van der Waals surface area contributed by atoms with E-state index in [0.717, 1.165) is 50.4 Å². The highest BCUT2D eigenvalue weighted by molar-refractivity contribution is 6.62. The molecule has 2 saturated heterocycles. The third-order valence-corrected chi connectivity index (χ3v) is 8.14. The Bertz CT molecular complexity index is 1440. The Hall–Kier alpha value is -3.72. The number of aryl methyl sites for hydroxylation is 1. The van der Waals surface area contributed by atoms with Crippen LogP contribution in [0.3, 0.4) is 0 Å². The molecule has 2 fully saturated rings. The first kappa shape index (κ1) is 27.5. The second-order valence-corrected chi connectivity index (χ2v) is 11.2. The number of carbonyl (C=O) groups excluding carboxylic acids is 2. The van der Waals surface area contributed by atoms with Gasteiger partial charge >= 0.3 is 0 Å². The number of hydrogen-bond acceptors (Lipinski definition) is 6. The van der Waals surface area contributed by atoms with E-state index in [0.29, 0.717) is 30.0 Å². The maximum atomic E-state index is 13.8. The fourth-order valence-electron chi connectivity index (χ4n) is 5.92. The zero-order chi connectivity index (χ0) is 28.6. The average Bonchev–Trinajstić information content (AvgIpc) is 3.08. The highest BCUT2D eigenvalue weighted by Gasteiger charge is 2.44. The Morgan fingerprint density at radius 2 is 1.78 bits per heavy atom. The molecule has 1 N–H and O–H groups in total. The Balaban J connectivity index is 1.20. The molecule has 1 atom stereocenters. The van der Waals surface area contributed by atoms with Crippen molar-refractivity contribution >= 4 is 46.7 Å². The van der Waals surface area contributed by atoms with Crippen LogP contribution in [0.15, 0.2) is 66.9 Å². The summed E-state index contributed by atoms with van der Waals surface area (Å²) in [6.45, 7) is 3.45. The van der Waals surface area contributed by atoms with Gasteiger partial charge in [-0.25, -0.2) is 0 Å². The highest BCUT2D eigenvalue weighted by Crippen LogP contribution is 2.43. The highest BCUT2D eigenvalue weighted by atomic mass is 16.5. The molecular formula is C30H29B3N4O4. The molecule has 2 aromatic carbocycles. The van der Waals surface area contributed by atoms with Gasteiger partial charge in [0.2, 0.25) is 5.91 Å². The van der Waals surface area contributed by atoms with Gasteiger partial charge < -0.3 is 24.6 Å². The zero-order valence-corrected chi connectivity index (χ0v) is 22.8. The lowest BCUT2D eigenvalue weighted by Crippen LogP contribution is -2.60. The number of nitrogens with one attached hydrogen (secondary N) is 1. The van der Waals surface area contributed by atoms with Crippen molar-refractivity contribution < 1.29 is 19.1 Å². The molecular weight excluding hydrogens is 513 g/mol. The van der Waals surface area contributed by atoms with Crippen molar-refractivity contribution in [1.82, 2.24) is 10.3 Å². The lowest BCUT2D eigenvalue weighted by atomic mass is 9.48. The quantitative estimate of drug-likeness (QED) is 0.483. The van der Waals surface area contributed by atoms with Crippen LogP contribution in [0.25, 0.3) is 0 Å². The molecule has 0 aliphatic carbocycles. The van der Waals surface area contributed by atoms with Gasteiger partial charge in [-0.1, -0.05) is 29.5 Å². The maximum Gasteiger partial charge on any atom is 0.270 e. The van der Waals surface area contributed by atoms with Gasteiger partial charge in [0.1, 0.15) is 23.2 Å². The van der Waals surface area contributed by atoms with Crippen molar-refractivity contribution in [3.63, 3.8) is 0 Å². The smallest absolute Gasteiger partial charge is 0.270 e. The minimum Gasteiger partial charge on any atom is -0.457 e. The van der Waals surface area contributed by atoms with Gasteiger partial charge in [0, 0.05) is 55.4 Å². The summed E-state index contributed by atoms with van der Waals surface area (Å²) < 4.78 is 11.4. The Kier molecular flexibility index (Phi) is 7.32. The average molecular weight is 542 g/mol. The van der Waals surface area contributed by atoms with Crippen LogP contribution in [0.4, 0.5) is 11.4 Å². The van der Waals surface area contributed by atoms with Crippen LogP contribution < -0.4 is 19.9 Å². The molecule has 202 valence electrons. The number of carbonyl (C=O) groups is 2. The Morgan fingerprint density at radius 3 is 2.51 bits per heavy atom. The molecule has 1 aromatic heterocycles. The van der Waals surface area contributed by atoms with Crippen LogP contribution >= 0.6 is 0 Å². The van der Waals surface area contributed by atoms with Gasteiger partial charge in [-0.3, -0.25) is 14.6 Å². The van der Waals surface area contributed by atoms with E-state index in [2.05, 4.69) is 21.3 Å². The lowest BCUT2D eigenvalue weighted by molar-refractivity contribution is -0.120. The van der Waals surface area contributed by atoms with Crippen molar-refractivity contribution in [1.29, 1.82) is 0 Å². The van der Waals surface area contributed by atoms with Crippen molar-refractivity contribution in [2.24, 2.45) is 5.41 Å². The molecule has 6 rings (SSSR count). The summed E-state index contributed by atoms with van der Waals surface area (Å²) >= 11 is 0. The molecule has 1 spiro atoms. The summed E-state index contributed by atoms with van der Waals surface area (Å²) in [5.74, 6) is 0.0713. The van der Waals surface area contributed by atoms with Crippen molar-refractivity contribution in [2.45, 2.75) is 37.0 Å². The molecule has 1 unspecified atom stereocenters. The first-order valence-electron chi connectivity index (χ1n) is 13.9. The number of nitrogens with zero attached hydrogens (tertiary/aromatic N) is 3. The summed E-state index contributed by atoms with van der Waals surface area (Å²) in [5, 5.41) is 0.839. The second-order valence-electron chi connectivity index (χ2n) is 11.2. The van der Waals surface area contributed by atoms with Crippen LogP contribution in [-0.4, -0.2) is 77.9 Å². The number of ether oxygens (including phenoxy) is 2. The number of rotatable bonds is 6. The first-order valence-corrected chi connectivity index (χ1v) is 13.9. The Labute approximate surface area is 244 Å². The third-order valence-electron chi connectivity index (χ3n) is 8.14. The van der Waals surface area contributed by atoms with E-state index >= 15 is 0 Å². The van der Waals surface area contributed by atoms with E-state index in [9.17, 15) is 9.59 Å². The molecule has 11 heteroatoms. The van der Waals surface area contributed by atoms with E-state index in [4.69, 9.17) is 33.0 Å². The Morgan fingerprint density at radius 1 is 1.02 bits per heavy atom. The lowest BCUT2D eigenvalue weighted by Gasteiger charge is -2.53. The van der Waals surface area contributed by atoms with E-state index in [-0.39, 0.29) is 11.1 Å². The second kappa shape index (κ2) is 10.9. The molecule has 8 nitrogen and oxygen atoms in total. The number of benzene rings is 2. The molecule has 3 aliphatic rings. The topological polar surface area (TPSA) is 84.0 Å². The standard InChI is InChI=1S/C30H29B3N4O4/c31-30(32,33)37-26-16-21(36-18-29(19-36)11-14-40-15-12-29)8-6-20(26)7-9-24(28(37)39)35-27(38)25-17-23(10-13-34-25)41-22-4-2-1-3-5-22/h1-6,8,10,13,16-17,24H,7,9,11-12,14-15,18-19H2,(H,35,38). The number of anilines is 2. The van der Waals surface area contributed by atoms with Crippen LogP contribution in [0.5, 0.6) is 11.5 Å². The van der Waals surface area contributed by atoms with Crippen LogP contribution in [-0.2, 0) is 16.0 Å². The zero-order valence-electron chi connectivity index (χ0n) is 22.8. The third kappa shape index (κ3) is 5.73. The molecule has 4 heterocycles. The molecule has 2 amide bonds. The van der Waals surface area contributed by atoms with E-state index < -0.39 is 23.1 Å². The normalized spacial score (nSPS) is 20.1.